The Labute approximate surface area is 113 Å². The van der Waals surface area contributed by atoms with Crippen LogP contribution in [-0.2, 0) is 10.2 Å². The van der Waals surface area contributed by atoms with E-state index >= 15 is 0 Å². The Morgan fingerprint density at radius 2 is 2.00 bits per heavy atom. The van der Waals surface area contributed by atoms with Crippen LogP contribution in [0, 0.1) is 11.3 Å². The van der Waals surface area contributed by atoms with Crippen molar-refractivity contribution in [1.82, 2.24) is 5.32 Å². The highest BCUT2D eigenvalue weighted by Crippen LogP contribution is 2.38. The van der Waals surface area contributed by atoms with Gasteiger partial charge in [-0.1, -0.05) is 30.3 Å². The van der Waals surface area contributed by atoms with Gasteiger partial charge in [0.25, 0.3) is 0 Å². The van der Waals surface area contributed by atoms with E-state index in [1.165, 1.54) is 0 Å². The molecular weight excluding hydrogens is 238 g/mol. The minimum absolute atomic E-state index is 0.218. The summed E-state index contributed by atoms with van der Waals surface area (Å²) in [6.45, 7) is 0.218. The third kappa shape index (κ3) is 3.12. The average molecular weight is 257 g/mol. The van der Waals surface area contributed by atoms with Crippen molar-refractivity contribution in [3.8, 4) is 6.07 Å². The van der Waals surface area contributed by atoms with Gasteiger partial charge in [0.15, 0.2) is 0 Å². The first-order valence-corrected chi connectivity index (χ1v) is 6.65. The van der Waals surface area contributed by atoms with E-state index in [-0.39, 0.29) is 23.9 Å². The Hall–Kier alpha value is -1.86. The fraction of sp³-hybridized carbons (Fsp3) is 0.467. The van der Waals surface area contributed by atoms with E-state index in [0.29, 0.717) is 0 Å². The highest BCUT2D eigenvalue weighted by Gasteiger charge is 2.36. The zero-order valence-electron chi connectivity index (χ0n) is 10.9. The van der Waals surface area contributed by atoms with E-state index in [0.717, 1.165) is 31.2 Å². The van der Waals surface area contributed by atoms with Crippen LogP contribution >= 0.6 is 0 Å². The lowest BCUT2D eigenvalue weighted by atomic mass is 9.69. The summed E-state index contributed by atoms with van der Waals surface area (Å²) in [5.74, 6) is -0.333. The lowest BCUT2D eigenvalue weighted by Gasteiger charge is -2.35. The van der Waals surface area contributed by atoms with Crippen LogP contribution in [0.5, 0.6) is 0 Å². The summed E-state index contributed by atoms with van der Waals surface area (Å²) in [5, 5.41) is 12.7. The Morgan fingerprint density at radius 3 is 2.53 bits per heavy atom. The normalized spacial score (nSPS) is 26.6. The number of carbonyl (C=O) groups excluding carboxylic acids is 1. The van der Waals surface area contributed by atoms with Crippen molar-refractivity contribution in [3.63, 3.8) is 0 Å². The molecular formula is C15H19N3O. The van der Waals surface area contributed by atoms with Crippen molar-refractivity contribution in [2.45, 2.75) is 37.1 Å². The largest absolute Gasteiger partial charge is 0.369 e. The highest BCUT2D eigenvalue weighted by molar-refractivity contribution is 5.75. The third-order valence-electron chi connectivity index (χ3n) is 3.94. The number of carbonyl (C=O) groups is 1. The van der Waals surface area contributed by atoms with Gasteiger partial charge < -0.3 is 11.1 Å². The molecule has 1 fully saturated rings. The van der Waals surface area contributed by atoms with E-state index in [2.05, 4.69) is 11.4 Å². The average Bonchev–Trinajstić information content (AvgIpc) is 2.46. The van der Waals surface area contributed by atoms with Gasteiger partial charge in [0.05, 0.1) is 18.0 Å². The Balaban J connectivity index is 2.01. The second-order valence-corrected chi connectivity index (χ2v) is 5.18. The topological polar surface area (TPSA) is 78.9 Å². The number of hydrogen-bond donors (Lipinski definition) is 2. The first-order chi connectivity index (χ1) is 9.16. The molecule has 1 aliphatic carbocycles. The molecule has 1 aromatic rings. The van der Waals surface area contributed by atoms with Crippen molar-refractivity contribution in [2.75, 3.05) is 6.54 Å². The van der Waals surface area contributed by atoms with Gasteiger partial charge in [-0.2, -0.15) is 5.26 Å². The molecule has 0 unspecified atom stereocenters. The van der Waals surface area contributed by atoms with E-state index < -0.39 is 0 Å². The number of hydrogen-bond acceptors (Lipinski definition) is 3. The van der Waals surface area contributed by atoms with Gasteiger partial charge in [-0.25, -0.2) is 0 Å². The molecule has 4 nitrogen and oxygen atoms in total. The molecule has 2 rings (SSSR count). The maximum Gasteiger partial charge on any atom is 0.231 e. The zero-order valence-corrected chi connectivity index (χ0v) is 10.9. The quantitative estimate of drug-likeness (QED) is 0.857. The van der Waals surface area contributed by atoms with Gasteiger partial charge in [0.2, 0.25) is 5.91 Å². The number of rotatable bonds is 4. The summed E-state index contributed by atoms with van der Waals surface area (Å²) in [6.07, 6.45) is 3.44. The molecule has 1 aliphatic rings. The monoisotopic (exact) mass is 257 g/mol. The van der Waals surface area contributed by atoms with Gasteiger partial charge in [0.1, 0.15) is 0 Å². The molecule has 19 heavy (non-hydrogen) atoms. The predicted molar refractivity (Wildman–Crippen MR) is 73.2 cm³/mol. The minimum Gasteiger partial charge on any atom is -0.369 e. The lowest BCUT2D eigenvalue weighted by molar-refractivity contribution is -0.117. The van der Waals surface area contributed by atoms with Crippen LogP contribution in [0.25, 0.3) is 0 Å². The summed E-state index contributed by atoms with van der Waals surface area (Å²) in [4.78, 5) is 10.8. The van der Waals surface area contributed by atoms with Gasteiger partial charge in [0, 0.05) is 6.04 Å². The molecule has 0 atom stereocenters. The fourth-order valence-electron chi connectivity index (χ4n) is 2.78. The number of nitrogens with two attached hydrogens (primary N) is 1. The molecule has 0 aromatic heterocycles. The first kappa shape index (κ1) is 13.6. The van der Waals surface area contributed by atoms with Gasteiger partial charge in [-0.3, -0.25) is 4.79 Å². The van der Waals surface area contributed by atoms with Crippen molar-refractivity contribution in [2.24, 2.45) is 5.73 Å². The predicted octanol–water partition coefficient (Wildman–Crippen LogP) is 1.47. The summed E-state index contributed by atoms with van der Waals surface area (Å²) in [6, 6.07) is 12.8. The van der Waals surface area contributed by atoms with Gasteiger partial charge in [-0.15, -0.1) is 0 Å². The Bertz CT molecular complexity index is 470. The number of primary amides is 1. The molecule has 0 heterocycles. The van der Waals surface area contributed by atoms with Crippen molar-refractivity contribution in [3.05, 3.63) is 35.9 Å². The molecule has 1 amide bonds. The molecule has 0 radical (unpaired) electrons. The van der Waals surface area contributed by atoms with E-state index in [1.54, 1.807) is 0 Å². The maximum absolute atomic E-state index is 10.8. The second-order valence-electron chi connectivity index (χ2n) is 5.18. The Kier molecular flexibility index (Phi) is 4.18. The van der Waals surface area contributed by atoms with Crippen LogP contribution in [0.15, 0.2) is 30.3 Å². The third-order valence-corrected chi connectivity index (χ3v) is 3.94. The lowest BCUT2D eigenvalue weighted by Crippen LogP contribution is -2.42. The smallest absolute Gasteiger partial charge is 0.231 e. The molecule has 1 aromatic carbocycles. The van der Waals surface area contributed by atoms with Crippen LogP contribution in [0.3, 0.4) is 0 Å². The van der Waals surface area contributed by atoms with Gasteiger partial charge in [-0.05, 0) is 31.2 Å². The number of benzene rings is 1. The van der Waals surface area contributed by atoms with Crippen molar-refractivity contribution in [1.29, 1.82) is 5.26 Å². The summed E-state index contributed by atoms with van der Waals surface area (Å²) in [5.41, 5.74) is 5.86. The minimum atomic E-state index is -0.369. The van der Waals surface area contributed by atoms with Crippen LogP contribution < -0.4 is 11.1 Å². The number of amides is 1. The van der Waals surface area contributed by atoms with E-state index in [1.807, 2.05) is 30.3 Å². The summed E-state index contributed by atoms with van der Waals surface area (Å²) in [7, 11) is 0. The number of nitrogens with one attached hydrogen (secondary N) is 1. The van der Waals surface area contributed by atoms with Crippen LogP contribution in [-0.4, -0.2) is 18.5 Å². The van der Waals surface area contributed by atoms with Crippen LogP contribution in [0.2, 0.25) is 0 Å². The van der Waals surface area contributed by atoms with Crippen molar-refractivity contribution < 1.29 is 4.79 Å². The second kappa shape index (κ2) is 5.85. The molecule has 1 saturated carbocycles. The fourth-order valence-corrected chi connectivity index (χ4v) is 2.78. The van der Waals surface area contributed by atoms with E-state index in [4.69, 9.17) is 5.73 Å². The number of nitrogens with zero attached hydrogens (tertiary/aromatic N) is 1. The molecule has 0 aliphatic heterocycles. The molecule has 100 valence electrons. The number of nitriles is 1. The maximum atomic E-state index is 10.8. The first-order valence-electron chi connectivity index (χ1n) is 6.65. The standard InChI is InChI=1S/C15H19N3O/c16-11-15(12-4-2-1-3-5-12)8-6-13(7-9-15)18-10-14(17)19/h1-5,13,18H,6-10H2,(H2,17,19). The molecule has 0 bridgehead atoms. The van der Waals surface area contributed by atoms with Crippen LogP contribution in [0.1, 0.15) is 31.2 Å². The highest BCUT2D eigenvalue weighted by atomic mass is 16.1. The van der Waals surface area contributed by atoms with Gasteiger partial charge >= 0.3 is 0 Å². The zero-order chi connectivity index (χ0) is 13.7. The molecule has 0 spiro atoms. The van der Waals surface area contributed by atoms with E-state index in [9.17, 15) is 10.1 Å². The SMILES string of the molecule is N#CC1(c2ccccc2)CCC(NCC(N)=O)CC1. The Morgan fingerprint density at radius 1 is 1.37 bits per heavy atom. The van der Waals surface area contributed by atoms with Crippen LogP contribution in [0.4, 0.5) is 0 Å². The molecule has 0 saturated heterocycles. The molecule has 4 heteroatoms. The van der Waals surface area contributed by atoms with Crippen molar-refractivity contribution >= 4 is 5.91 Å². The summed E-state index contributed by atoms with van der Waals surface area (Å²) >= 11 is 0. The summed E-state index contributed by atoms with van der Waals surface area (Å²) < 4.78 is 0. The molecule has 3 N–H and O–H groups in total.